The molecule has 0 radical (unpaired) electrons. The van der Waals surface area contributed by atoms with Gasteiger partial charge in [0.2, 0.25) is 0 Å². The highest BCUT2D eigenvalue weighted by molar-refractivity contribution is 5.86. The van der Waals surface area contributed by atoms with Gasteiger partial charge in [0.1, 0.15) is 5.78 Å². The predicted molar refractivity (Wildman–Crippen MR) is 62.5 cm³/mol. The molecular weight excluding hydrogens is 184 g/mol. The van der Waals surface area contributed by atoms with Crippen LogP contribution < -0.4 is 0 Å². The number of hydrogen-bond donors (Lipinski definition) is 0. The molecule has 0 fully saturated rings. The molecule has 0 amide bonds. The number of ketones is 1. The van der Waals surface area contributed by atoms with Gasteiger partial charge in [0.25, 0.3) is 0 Å². The molecule has 1 atom stereocenters. The van der Waals surface area contributed by atoms with Crippen LogP contribution >= 0.6 is 0 Å². The van der Waals surface area contributed by atoms with Crippen molar-refractivity contribution in [3.63, 3.8) is 0 Å². The highest BCUT2D eigenvalue weighted by atomic mass is 16.1. The van der Waals surface area contributed by atoms with Gasteiger partial charge in [-0.2, -0.15) is 0 Å². The fraction of sp³-hybridized carbons (Fsp3) is 0.500. The third-order valence-corrected chi connectivity index (χ3v) is 3.90. The van der Waals surface area contributed by atoms with Crippen molar-refractivity contribution in [3.8, 4) is 0 Å². The smallest absolute Gasteiger partial charge is 0.140 e. The molecule has 0 saturated heterocycles. The van der Waals surface area contributed by atoms with Crippen molar-refractivity contribution in [2.75, 3.05) is 0 Å². The summed E-state index contributed by atoms with van der Waals surface area (Å²) < 4.78 is 0. The van der Waals surface area contributed by atoms with Crippen molar-refractivity contribution in [3.05, 3.63) is 35.5 Å². The Bertz CT molecular complexity index is 380. The number of allylic oxidation sites excluding steroid dienone is 6. The molecular formula is C14H18O. The van der Waals surface area contributed by atoms with Crippen molar-refractivity contribution < 1.29 is 4.79 Å². The van der Waals surface area contributed by atoms with E-state index in [1.165, 1.54) is 11.1 Å². The van der Waals surface area contributed by atoms with Crippen LogP contribution in [0.3, 0.4) is 0 Å². The second-order valence-corrected chi connectivity index (χ2v) is 5.10. The molecule has 2 aliphatic carbocycles. The zero-order valence-electron chi connectivity index (χ0n) is 9.71. The molecule has 0 heterocycles. The largest absolute Gasteiger partial charge is 0.299 e. The Morgan fingerprint density at radius 3 is 2.80 bits per heavy atom. The Kier molecular flexibility index (Phi) is 2.41. The maximum atomic E-state index is 11.9. The van der Waals surface area contributed by atoms with Gasteiger partial charge >= 0.3 is 0 Å². The molecule has 0 aromatic carbocycles. The van der Waals surface area contributed by atoms with Crippen LogP contribution in [0.5, 0.6) is 0 Å². The van der Waals surface area contributed by atoms with Crippen LogP contribution in [0.15, 0.2) is 35.5 Å². The molecule has 2 aliphatic rings. The van der Waals surface area contributed by atoms with Crippen LogP contribution in [-0.2, 0) is 4.79 Å². The van der Waals surface area contributed by atoms with Gasteiger partial charge in [-0.1, -0.05) is 50.6 Å². The lowest BCUT2D eigenvalue weighted by molar-refractivity contribution is -0.125. The third-order valence-electron chi connectivity index (χ3n) is 3.90. The summed E-state index contributed by atoms with van der Waals surface area (Å²) in [6, 6.07) is 0. The summed E-state index contributed by atoms with van der Waals surface area (Å²) in [4.78, 5) is 11.9. The Hall–Kier alpha value is -1.11. The van der Waals surface area contributed by atoms with E-state index in [4.69, 9.17) is 0 Å². The van der Waals surface area contributed by atoms with E-state index in [0.29, 0.717) is 12.2 Å². The first kappa shape index (κ1) is 10.4. The van der Waals surface area contributed by atoms with E-state index in [-0.39, 0.29) is 11.3 Å². The molecule has 0 saturated carbocycles. The number of hydrogen-bond acceptors (Lipinski definition) is 1. The third kappa shape index (κ3) is 1.60. The lowest BCUT2D eigenvalue weighted by Crippen LogP contribution is -2.35. The predicted octanol–water partition coefficient (Wildman–Crippen LogP) is 3.43. The first-order chi connectivity index (χ1) is 7.03. The van der Waals surface area contributed by atoms with E-state index >= 15 is 0 Å². The van der Waals surface area contributed by atoms with E-state index < -0.39 is 0 Å². The molecule has 0 aromatic heterocycles. The first-order valence-electron chi connectivity index (χ1n) is 5.62. The van der Waals surface area contributed by atoms with E-state index in [9.17, 15) is 4.79 Å². The van der Waals surface area contributed by atoms with E-state index in [1.807, 2.05) is 0 Å². The molecule has 1 heteroatoms. The van der Waals surface area contributed by atoms with Crippen molar-refractivity contribution in [1.82, 2.24) is 0 Å². The van der Waals surface area contributed by atoms with Gasteiger partial charge in [0.15, 0.2) is 0 Å². The monoisotopic (exact) mass is 202 g/mol. The fourth-order valence-electron chi connectivity index (χ4n) is 2.51. The zero-order valence-corrected chi connectivity index (χ0v) is 9.71. The molecule has 1 nitrogen and oxygen atoms in total. The standard InChI is InChI=1S/C14H18O/c1-10-13(15)9-11-7-5-4-6-8-12(11)14(10,2)3/h4-6,8,10H,7,9H2,1-3H3. The maximum Gasteiger partial charge on any atom is 0.140 e. The molecule has 1 unspecified atom stereocenters. The summed E-state index contributed by atoms with van der Waals surface area (Å²) in [6.07, 6.45) is 10.1. The minimum Gasteiger partial charge on any atom is -0.299 e. The zero-order chi connectivity index (χ0) is 11.1. The maximum absolute atomic E-state index is 11.9. The van der Waals surface area contributed by atoms with E-state index in [1.54, 1.807) is 0 Å². The second-order valence-electron chi connectivity index (χ2n) is 5.10. The van der Waals surface area contributed by atoms with Crippen molar-refractivity contribution >= 4 is 5.78 Å². The number of carbonyl (C=O) groups excluding carboxylic acids is 1. The Balaban J connectivity index is 2.50. The van der Waals surface area contributed by atoms with Gasteiger partial charge in [-0.3, -0.25) is 4.79 Å². The molecule has 0 aliphatic heterocycles. The highest BCUT2D eigenvalue weighted by Crippen LogP contribution is 2.44. The van der Waals surface area contributed by atoms with Crippen molar-refractivity contribution in [1.29, 1.82) is 0 Å². The van der Waals surface area contributed by atoms with E-state index in [0.717, 1.165) is 6.42 Å². The van der Waals surface area contributed by atoms with Gasteiger partial charge in [-0.25, -0.2) is 0 Å². The van der Waals surface area contributed by atoms with Crippen LogP contribution in [0.25, 0.3) is 0 Å². The summed E-state index contributed by atoms with van der Waals surface area (Å²) in [5.74, 6) is 0.529. The van der Waals surface area contributed by atoms with Gasteiger partial charge in [-0.15, -0.1) is 0 Å². The minimum atomic E-state index is -0.00676. The SMILES string of the molecule is CC1C(=O)CC2=C(C=CC=CC2)C1(C)C. The fourth-order valence-corrected chi connectivity index (χ4v) is 2.51. The Morgan fingerprint density at radius 1 is 1.33 bits per heavy atom. The second kappa shape index (κ2) is 3.48. The molecule has 0 spiro atoms. The van der Waals surface area contributed by atoms with Gasteiger partial charge in [-0.05, 0) is 17.4 Å². The Morgan fingerprint density at radius 2 is 2.07 bits per heavy atom. The van der Waals surface area contributed by atoms with Crippen LogP contribution in [0.2, 0.25) is 0 Å². The summed E-state index contributed by atoms with van der Waals surface area (Å²) in [7, 11) is 0. The highest BCUT2D eigenvalue weighted by Gasteiger charge is 2.39. The molecule has 2 rings (SSSR count). The van der Waals surface area contributed by atoms with Gasteiger partial charge in [0.05, 0.1) is 0 Å². The topological polar surface area (TPSA) is 17.1 Å². The number of Topliss-reactive ketones (excluding diaryl/α,β-unsaturated/α-hetero) is 1. The molecule has 0 bridgehead atoms. The summed E-state index contributed by atoms with van der Waals surface area (Å²) >= 11 is 0. The van der Waals surface area contributed by atoms with E-state index in [2.05, 4.69) is 45.1 Å². The summed E-state index contributed by atoms with van der Waals surface area (Å²) in [6.45, 7) is 6.41. The first-order valence-corrected chi connectivity index (χ1v) is 5.62. The van der Waals surface area contributed by atoms with Crippen LogP contribution in [-0.4, -0.2) is 5.78 Å². The normalized spacial score (nSPS) is 29.0. The van der Waals surface area contributed by atoms with Crippen LogP contribution in [0.1, 0.15) is 33.6 Å². The van der Waals surface area contributed by atoms with Gasteiger partial charge < -0.3 is 0 Å². The Labute approximate surface area is 91.6 Å². The summed E-state index contributed by atoms with van der Waals surface area (Å²) in [5, 5.41) is 0. The van der Waals surface area contributed by atoms with Gasteiger partial charge in [0, 0.05) is 12.3 Å². The lowest BCUT2D eigenvalue weighted by Gasteiger charge is -2.38. The molecule has 15 heavy (non-hydrogen) atoms. The van der Waals surface area contributed by atoms with Crippen molar-refractivity contribution in [2.24, 2.45) is 11.3 Å². The number of carbonyl (C=O) groups is 1. The molecule has 80 valence electrons. The average Bonchev–Trinajstić information content (AvgIpc) is 2.40. The quantitative estimate of drug-likeness (QED) is 0.588. The minimum absolute atomic E-state index is 0.00676. The average molecular weight is 202 g/mol. The summed E-state index contributed by atoms with van der Waals surface area (Å²) in [5.41, 5.74) is 2.68. The van der Waals surface area contributed by atoms with Crippen LogP contribution in [0, 0.1) is 11.3 Å². The number of rotatable bonds is 0. The molecule has 0 N–H and O–H groups in total. The van der Waals surface area contributed by atoms with Crippen molar-refractivity contribution in [2.45, 2.75) is 33.6 Å². The van der Waals surface area contributed by atoms with Crippen LogP contribution in [0.4, 0.5) is 0 Å². The molecule has 0 aromatic rings. The lowest BCUT2D eigenvalue weighted by atomic mass is 9.65.